The first-order valence-electron chi connectivity index (χ1n) is 5.93. The summed E-state index contributed by atoms with van der Waals surface area (Å²) < 4.78 is 0. The molecule has 0 unspecified atom stereocenters. The predicted octanol–water partition coefficient (Wildman–Crippen LogP) is 4.07. The molecule has 0 atom stereocenters. The quantitative estimate of drug-likeness (QED) is 0.785. The molecule has 0 aromatic heterocycles. The maximum Gasteiger partial charge on any atom is 0.0452 e. The Hall–Kier alpha value is -0.240. The minimum atomic E-state index is 0.710. The van der Waals surface area contributed by atoms with Gasteiger partial charge in [0, 0.05) is 16.1 Å². The lowest BCUT2D eigenvalue weighted by Gasteiger charge is -2.26. The fraction of sp³-hybridized carbons (Fsp3) is 0.538. The van der Waals surface area contributed by atoms with Crippen molar-refractivity contribution in [1.82, 2.24) is 5.32 Å². The van der Waals surface area contributed by atoms with Crippen LogP contribution in [0.5, 0.6) is 0 Å². The summed E-state index contributed by atoms with van der Waals surface area (Å²) in [5.74, 6) is 0. The average molecular weight is 258 g/mol. The lowest BCUT2D eigenvalue weighted by atomic mass is 9.93. The summed E-state index contributed by atoms with van der Waals surface area (Å²) in [6, 6.07) is 6.52. The van der Waals surface area contributed by atoms with Gasteiger partial charge in [-0.1, -0.05) is 35.7 Å². The van der Waals surface area contributed by atoms with Gasteiger partial charge in [-0.05, 0) is 49.9 Å². The molecule has 0 heterocycles. The molecule has 0 saturated heterocycles. The van der Waals surface area contributed by atoms with Gasteiger partial charge in [-0.2, -0.15) is 0 Å². The van der Waals surface area contributed by atoms with Crippen LogP contribution in [-0.4, -0.2) is 12.6 Å². The molecule has 1 aromatic carbocycles. The summed E-state index contributed by atoms with van der Waals surface area (Å²) in [4.78, 5) is 0. The number of rotatable bonds is 5. The monoisotopic (exact) mass is 257 g/mol. The van der Waals surface area contributed by atoms with Crippen LogP contribution in [0.25, 0.3) is 0 Å². The van der Waals surface area contributed by atoms with E-state index in [1.54, 1.807) is 0 Å². The number of halogens is 2. The molecule has 1 aromatic rings. The van der Waals surface area contributed by atoms with Crippen molar-refractivity contribution in [2.24, 2.45) is 0 Å². The van der Waals surface area contributed by atoms with Crippen LogP contribution in [0.1, 0.15) is 31.2 Å². The molecule has 1 N–H and O–H groups in total. The molecule has 0 radical (unpaired) electrons. The summed E-state index contributed by atoms with van der Waals surface area (Å²) >= 11 is 12.0. The molecule has 16 heavy (non-hydrogen) atoms. The molecule has 1 aliphatic rings. The van der Waals surface area contributed by atoms with Crippen LogP contribution in [0.15, 0.2) is 18.2 Å². The maximum absolute atomic E-state index is 6.10. The third-order valence-electron chi connectivity index (χ3n) is 3.18. The van der Waals surface area contributed by atoms with Crippen molar-refractivity contribution in [3.63, 3.8) is 0 Å². The standard InChI is InChI=1S/C13H17Cl2N/c14-11-7-6-10(13(15)9-11)3-2-8-16-12-4-1-5-12/h6-7,9,12,16H,1-5,8H2. The Kier molecular flexibility index (Phi) is 4.51. The van der Waals surface area contributed by atoms with Crippen molar-refractivity contribution in [3.05, 3.63) is 33.8 Å². The third kappa shape index (κ3) is 3.38. The minimum Gasteiger partial charge on any atom is -0.314 e. The van der Waals surface area contributed by atoms with E-state index in [4.69, 9.17) is 23.2 Å². The highest BCUT2D eigenvalue weighted by Crippen LogP contribution is 2.22. The van der Waals surface area contributed by atoms with Crippen LogP contribution in [-0.2, 0) is 6.42 Å². The number of hydrogen-bond acceptors (Lipinski definition) is 1. The minimum absolute atomic E-state index is 0.710. The van der Waals surface area contributed by atoms with Crippen LogP contribution < -0.4 is 5.32 Å². The second kappa shape index (κ2) is 5.90. The van der Waals surface area contributed by atoms with E-state index in [0.717, 1.165) is 30.5 Å². The second-order valence-electron chi connectivity index (χ2n) is 4.42. The summed E-state index contributed by atoms with van der Waals surface area (Å²) in [5.41, 5.74) is 1.20. The average Bonchev–Trinajstić information content (AvgIpc) is 2.18. The molecule has 2 rings (SSSR count). The Balaban J connectivity index is 1.71. The summed E-state index contributed by atoms with van der Waals surface area (Å²) in [7, 11) is 0. The Morgan fingerprint density at radius 1 is 1.25 bits per heavy atom. The van der Waals surface area contributed by atoms with E-state index in [1.165, 1.54) is 24.8 Å². The van der Waals surface area contributed by atoms with Crippen LogP contribution in [0, 0.1) is 0 Å². The van der Waals surface area contributed by atoms with E-state index in [1.807, 2.05) is 18.2 Å². The van der Waals surface area contributed by atoms with E-state index < -0.39 is 0 Å². The number of benzene rings is 1. The molecule has 0 spiro atoms. The van der Waals surface area contributed by atoms with Crippen molar-refractivity contribution in [1.29, 1.82) is 0 Å². The topological polar surface area (TPSA) is 12.0 Å². The van der Waals surface area contributed by atoms with Crippen LogP contribution in [0.4, 0.5) is 0 Å². The molecule has 0 amide bonds. The molecule has 1 nitrogen and oxygen atoms in total. The highest BCUT2D eigenvalue weighted by molar-refractivity contribution is 6.35. The van der Waals surface area contributed by atoms with Gasteiger partial charge >= 0.3 is 0 Å². The summed E-state index contributed by atoms with van der Waals surface area (Å²) in [6.07, 6.45) is 6.25. The van der Waals surface area contributed by atoms with Gasteiger partial charge in [-0.15, -0.1) is 0 Å². The van der Waals surface area contributed by atoms with Gasteiger partial charge in [-0.3, -0.25) is 0 Å². The van der Waals surface area contributed by atoms with E-state index in [9.17, 15) is 0 Å². The maximum atomic E-state index is 6.10. The molecule has 1 saturated carbocycles. The van der Waals surface area contributed by atoms with Gasteiger partial charge < -0.3 is 5.32 Å². The molecular weight excluding hydrogens is 241 g/mol. The van der Waals surface area contributed by atoms with Crippen molar-refractivity contribution in [3.8, 4) is 0 Å². The van der Waals surface area contributed by atoms with Gasteiger partial charge in [0.2, 0.25) is 0 Å². The zero-order valence-electron chi connectivity index (χ0n) is 9.31. The van der Waals surface area contributed by atoms with Gasteiger partial charge in [0.1, 0.15) is 0 Å². The van der Waals surface area contributed by atoms with Crippen molar-refractivity contribution in [2.45, 2.75) is 38.1 Å². The van der Waals surface area contributed by atoms with Crippen molar-refractivity contribution < 1.29 is 0 Å². The molecule has 1 aliphatic carbocycles. The van der Waals surface area contributed by atoms with Crippen LogP contribution >= 0.6 is 23.2 Å². The first kappa shape index (κ1) is 12.2. The highest BCUT2D eigenvalue weighted by atomic mass is 35.5. The summed E-state index contributed by atoms with van der Waals surface area (Å²) in [6.45, 7) is 1.09. The smallest absolute Gasteiger partial charge is 0.0452 e. The molecule has 0 aliphatic heterocycles. The lowest BCUT2D eigenvalue weighted by Crippen LogP contribution is -2.35. The van der Waals surface area contributed by atoms with E-state index in [-0.39, 0.29) is 0 Å². The molecule has 0 bridgehead atoms. The van der Waals surface area contributed by atoms with E-state index in [2.05, 4.69) is 5.32 Å². The Morgan fingerprint density at radius 2 is 2.06 bits per heavy atom. The Labute approximate surface area is 107 Å². The third-order valence-corrected chi connectivity index (χ3v) is 3.76. The molecule has 1 fully saturated rings. The van der Waals surface area contributed by atoms with Gasteiger partial charge in [-0.25, -0.2) is 0 Å². The largest absolute Gasteiger partial charge is 0.314 e. The number of nitrogens with one attached hydrogen (secondary N) is 1. The first-order chi connectivity index (χ1) is 7.75. The Morgan fingerprint density at radius 3 is 2.69 bits per heavy atom. The molecular formula is C13H17Cl2N. The number of aryl methyl sites for hydroxylation is 1. The van der Waals surface area contributed by atoms with Gasteiger partial charge in [0.25, 0.3) is 0 Å². The van der Waals surface area contributed by atoms with Crippen molar-refractivity contribution >= 4 is 23.2 Å². The van der Waals surface area contributed by atoms with Crippen LogP contribution in [0.3, 0.4) is 0 Å². The normalized spacial score (nSPS) is 16.1. The molecule has 3 heteroatoms. The van der Waals surface area contributed by atoms with Gasteiger partial charge in [0.05, 0.1) is 0 Å². The lowest BCUT2D eigenvalue weighted by molar-refractivity contribution is 0.339. The van der Waals surface area contributed by atoms with E-state index in [0.29, 0.717) is 5.02 Å². The SMILES string of the molecule is Clc1ccc(CCCNC2CCC2)c(Cl)c1. The fourth-order valence-corrected chi connectivity index (χ4v) is 2.42. The Bertz CT molecular complexity index is 348. The second-order valence-corrected chi connectivity index (χ2v) is 5.26. The van der Waals surface area contributed by atoms with Crippen molar-refractivity contribution in [2.75, 3.05) is 6.54 Å². The van der Waals surface area contributed by atoms with Crippen LogP contribution in [0.2, 0.25) is 10.0 Å². The van der Waals surface area contributed by atoms with E-state index >= 15 is 0 Å². The zero-order valence-corrected chi connectivity index (χ0v) is 10.8. The molecule has 88 valence electrons. The predicted molar refractivity (Wildman–Crippen MR) is 70.4 cm³/mol. The summed E-state index contributed by atoms with van der Waals surface area (Å²) in [5, 5.41) is 5.05. The van der Waals surface area contributed by atoms with Gasteiger partial charge in [0.15, 0.2) is 0 Å². The first-order valence-corrected chi connectivity index (χ1v) is 6.68. The number of hydrogen-bond donors (Lipinski definition) is 1. The fourth-order valence-electron chi connectivity index (χ4n) is 1.92. The highest BCUT2D eigenvalue weighted by Gasteiger charge is 2.15. The zero-order chi connectivity index (χ0) is 11.4.